The molecule has 80 valence electrons. The summed E-state index contributed by atoms with van der Waals surface area (Å²) in [5.41, 5.74) is 5.20. The Kier molecular flexibility index (Phi) is 3.46. The second kappa shape index (κ2) is 4.41. The van der Waals surface area contributed by atoms with E-state index in [9.17, 15) is 9.59 Å². The summed E-state index contributed by atoms with van der Waals surface area (Å²) >= 11 is 0. The number of hydrogen-bond acceptors (Lipinski definition) is 3. The standard InChI is InChI=1S/C9H17N3O2/c1-7(9(10)14)11-3-5-12(6-4-11)8(2)13/h7H,3-6H2,1-2H3,(H2,10,14). The van der Waals surface area contributed by atoms with Gasteiger partial charge in [0.1, 0.15) is 0 Å². The monoisotopic (exact) mass is 199 g/mol. The molecule has 0 aliphatic carbocycles. The zero-order valence-corrected chi connectivity index (χ0v) is 8.69. The largest absolute Gasteiger partial charge is 0.368 e. The summed E-state index contributed by atoms with van der Waals surface area (Å²) in [6.45, 7) is 6.19. The number of primary amides is 1. The lowest BCUT2D eigenvalue weighted by molar-refractivity contribution is -0.131. The number of piperazine rings is 1. The Bertz CT molecular complexity index is 234. The molecule has 0 spiro atoms. The molecular weight excluding hydrogens is 182 g/mol. The van der Waals surface area contributed by atoms with Crippen molar-refractivity contribution in [1.29, 1.82) is 0 Å². The highest BCUT2D eigenvalue weighted by molar-refractivity contribution is 5.79. The Balaban J connectivity index is 2.43. The highest BCUT2D eigenvalue weighted by atomic mass is 16.2. The average molecular weight is 199 g/mol. The fraction of sp³-hybridized carbons (Fsp3) is 0.778. The third-order valence-electron chi connectivity index (χ3n) is 2.72. The van der Waals surface area contributed by atoms with Crippen LogP contribution in [0.3, 0.4) is 0 Å². The molecule has 5 nitrogen and oxygen atoms in total. The Hall–Kier alpha value is -1.10. The van der Waals surface area contributed by atoms with Crippen LogP contribution in [0.2, 0.25) is 0 Å². The number of nitrogens with zero attached hydrogens (tertiary/aromatic N) is 2. The molecule has 0 saturated carbocycles. The molecule has 0 aromatic carbocycles. The summed E-state index contributed by atoms with van der Waals surface area (Å²) in [4.78, 5) is 25.7. The molecule has 2 N–H and O–H groups in total. The van der Waals surface area contributed by atoms with E-state index in [1.807, 2.05) is 4.90 Å². The molecule has 1 atom stereocenters. The van der Waals surface area contributed by atoms with Gasteiger partial charge < -0.3 is 10.6 Å². The predicted octanol–water partition coefficient (Wildman–Crippen LogP) is -0.976. The maximum atomic E-state index is 11.0. The molecule has 0 radical (unpaired) electrons. The van der Waals surface area contributed by atoms with Crippen LogP contribution in [0.4, 0.5) is 0 Å². The first-order valence-corrected chi connectivity index (χ1v) is 4.81. The number of rotatable bonds is 2. The maximum absolute atomic E-state index is 11.0. The minimum absolute atomic E-state index is 0.0939. The van der Waals surface area contributed by atoms with Crippen LogP contribution in [-0.4, -0.2) is 53.8 Å². The molecule has 1 aliphatic rings. The average Bonchev–Trinajstić information content (AvgIpc) is 2.16. The fourth-order valence-corrected chi connectivity index (χ4v) is 1.60. The van der Waals surface area contributed by atoms with Crippen molar-refractivity contribution in [3.63, 3.8) is 0 Å². The Morgan fingerprint density at radius 1 is 1.21 bits per heavy atom. The molecule has 0 aromatic rings. The zero-order chi connectivity index (χ0) is 10.7. The van der Waals surface area contributed by atoms with Gasteiger partial charge in [0.25, 0.3) is 0 Å². The lowest BCUT2D eigenvalue weighted by atomic mass is 10.2. The molecule has 0 aromatic heterocycles. The van der Waals surface area contributed by atoms with E-state index in [0.29, 0.717) is 13.1 Å². The lowest BCUT2D eigenvalue weighted by Crippen LogP contribution is -2.53. The van der Waals surface area contributed by atoms with Gasteiger partial charge in [-0.15, -0.1) is 0 Å². The van der Waals surface area contributed by atoms with Crippen LogP contribution in [0.25, 0.3) is 0 Å². The van der Waals surface area contributed by atoms with Crippen molar-refractivity contribution in [3.8, 4) is 0 Å². The van der Waals surface area contributed by atoms with Gasteiger partial charge in [0, 0.05) is 33.1 Å². The third kappa shape index (κ3) is 2.45. The molecule has 1 heterocycles. The molecule has 1 unspecified atom stereocenters. The van der Waals surface area contributed by atoms with Gasteiger partial charge in [-0.1, -0.05) is 0 Å². The highest BCUT2D eigenvalue weighted by Crippen LogP contribution is 2.05. The van der Waals surface area contributed by atoms with Gasteiger partial charge in [0.05, 0.1) is 6.04 Å². The molecule has 2 amide bonds. The van der Waals surface area contributed by atoms with Gasteiger partial charge in [-0.3, -0.25) is 14.5 Å². The van der Waals surface area contributed by atoms with E-state index >= 15 is 0 Å². The van der Waals surface area contributed by atoms with Gasteiger partial charge in [0.15, 0.2) is 0 Å². The van der Waals surface area contributed by atoms with Crippen LogP contribution in [0.5, 0.6) is 0 Å². The number of carbonyl (C=O) groups is 2. The van der Waals surface area contributed by atoms with Crippen molar-refractivity contribution in [2.24, 2.45) is 5.73 Å². The summed E-state index contributed by atoms with van der Waals surface area (Å²) in [6, 6.07) is -0.232. The molecule has 5 heteroatoms. The van der Waals surface area contributed by atoms with Gasteiger partial charge >= 0.3 is 0 Å². The molecule has 1 saturated heterocycles. The first-order valence-electron chi connectivity index (χ1n) is 4.81. The molecule has 0 bridgehead atoms. The normalized spacial score (nSPS) is 20.6. The third-order valence-corrected chi connectivity index (χ3v) is 2.72. The second-order valence-corrected chi connectivity index (χ2v) is 3.62. The van der Waals surface area contributed by atoms with Crippen molar-refractivity contribution < 1.29 is 9.59 Å². The van der Waals surface area contributed by atoms with Crippen LogP contribution in [0, 0.1) is 0 Å². The van der Waals surface area contributed by atoms with Gasteiger partial charge in [-0.2, -0.15) is 0 Å². The van der Waals surface area contributed by atoms with Gasteiger partial charge in [-0.25, -0.2) is 0 Å². The van der Waals surface area contributed by atoms with Crippen molar-refractivity contribution in [1.82, 2.24) is 9.80 Å². The van der Waals surface area contributed by atoms with Gasteiger partial charge in [0.2, 0.25) is 11.8 Å². The topological polar surface area (TPSA) is 66.6 Å². The molecule has 1 rings (SSSR count). The van der Waals surface area contributed by atoms with E-state index in [-0.39, 0.29) is 17.9 Å². The zero-order valence-electron chi connectivity index (χ0n) is 8.69. The molecule has 1 fully saturated rings. The van der Waals surface area contributed by atoms with Gasteiger partial charge in [-0.05, 0) is 6.92 Å². The van der Waals surface area contributed by atoms with Crippen LogP contribution in [0.15, 0.2) is 0 Å². The van der Waals surface area contributed by atoms with E-state index < -0.39 is 0 Å². The number of hydrogen-bond donors (Lipinski definition) is 1. The number of amides is 2. The summed E-state index contributed by atoms with van der Waals surface area (Å²) in [7, 11) is 0. The van der Waals surface area contributed by atoms with Crippen molar-refractivity contribution >= 4 is 11.8 Å². The first-order chi connectivity index (χ1) is 6.52. The predicted molar refractivity (Wildman–Crippen MR) is 52.5 cm³/mol. The van der Waals surface area contributed by atoms with Crippen LogP contribution in [-0.2, 0) is 9.59 Å². The Morgan fingerprint density at radius 2 is 1.71 bits per heavy atom. The number of carbonyl (C=O) groups excluding carboxylic acids is 2. The van der Waals surface area contributed by atoms with E-state index in [4.69, 9.17) is 5.73 Å². The summed E-state index contributed by atoms with van der Waals surface area (Å²) in [6.07, 6.45) is 0. The maximum Gasteiger partial charge on any atom is 0.234 e. The van der Waals surface area contributed by atoms with Crippen LogP contribution in [0.1, 0.15) is 13.8 Å². The Morgan fingerprint density at radius 3 is 2.07 bits per heavy atom. The van der Waals surface area contributed by atoms with Crippen molar-refractivity contribution in [2.45, 2.75) is 19.9 Å². The van der Waals surface area contributed by atoms with Crippen LogP contribution < -0.4 is 5.73 Å². The smallest absolute Gasteiger partial charge is 0.234 e. The summed E-state index contributed by atoms with van der Waals surface area (Å²) < 4.78 is 0. The highest BCUT2D eigenvalue weighted by Gasteiger charge is 2.24. The second-order valence-electron chi connectivity index (χ2n) is 3.62. The Labute approximate surface area is 83.8 Å². The van der Waals surface area contributed by atoms with E-state index in [1.54, 1.807) is 18.7 Å². The summed E-state index contributed by atoms with van der Waals surface area (Å²) in [5, 5.41) is 0. The minimum atomic E-state index is -0.304. The van der Waals surface area contributed by atoms with E-state index in [2.05, 4.69) is 0 Å². The lowest BCUT2D eigenvalue weighted by Gasteiger charge is -2.36. The van der Waals surface area contributed by atoms with Crippen molar-refractivity contribution in [3.05, 3.63) is 0 Å². The summed E-state index contributed by atoms with van der Waals surface area (Å²) in [5.74, 6) is -0.211. The van der Waals surface area contributed by atoms with E-state index in [0.717, 1.165) is 13.1 Å². The molecular formula is C9H17N3O2. The van der Waals surface area contributed by atoms with E-state index in [1.165, 1.54) is 0 Å². The SMILES string of the molecule is CC(=O)N1CCN(C(C)C(N)=O)CC1. The fourth-order valence-electron chi connectivity index (χ4n) is 1.60. The minimum Gasteiger partial charge on any atom is -0.368 e. The van der Waals surface area contributed by atoms with Crippen molar-refractivity contribution in [2.75, 3.05) is 26.2 Å². The quantitative estimate of drug-likeness (QED) is 0.622. The molecule has 14 heavy (non-hydrogen) atoms. The molecule has 1 aliphatic heterocycles. The number of nitrogens with two attached hydrogens (primary N) is 1. The first kappa shape index (κ1) is 11.0. The van der Waals surface area contributed by atoms with Crippen LogP contribution >= 0.6 is 0 Å².